The molecule has 0 spiro atoms. The molecule has 0 unspecified atom stereocenters. The van der Waals surface area contributed by atoms with Gasteiger partial charge in [0.1, 0.15) is 0 Å². The predicted molar refractivity (Wildman–Crippen MR) is 81.8 cm³/mol. The molecule has 2 aromatic rings. The number of benzene rings is 1. The summed E-state index contributed by atoms with van der Waals surface area (Å²) in [6.07, 6.45) is 3.83. The molecule has 1 aliphatic carbocycles. The number of urea groups is 1. The zero-order valence-electron chi connectivity index (χ0n) is 12.9. The first-order valence-electron chi connectivity index (χ1n) is 7.57. The van der Waals surface area contributed by atoms with Gasteiger partial charge in [-0.15, -0.1) is 0 Å². The van der Waals surface area contributed by atoms with Crippen LogP contribution in [0.3, 0.4) is 0 Å². The van der Waals surface area contributed by atoms with Crippen molar-refractivity contribution in [3.05, 3.63) is 65.2 Å². The second-order valence-electron chi connectivity index (χ2n) is 5.87. The lowest BCUT2D eigenvalue weighted by atomic mass is 10.1. The Balaban J connectivity index is 1.56. The van der Waals surface area contributed by atoms with Crippen molar-refractivity contribution in [1.82, 2.24) is 15.6 Å². The van der Waals surface area contributed by atoms with Crippen LogP contribution in [0.15, 0.2) is 36.7 Å². The summed E-state index contributed by atoms with van der Waals surface area (Å²) in [7, 11) is 0. The predicted octanol–water partition coefficient (Wildman–Crippen LogP) is 3.42. The van der Waals surface area contributed by atoms with Gasteiger partial charge in [-0.1, -0.05) is 0 Å². The van der Waals surface area contributed by atoms with Gasteiger partial charge in [-0.2, -0.15) is 0 Å². The molecule has 0 aliphatic heterocycles. The molecule has 126 valence electrons. The number of halogens is 3. The molecule has 1 aromatic carbocycles. The zero-order chi connectivity index (χ0) is 17.3. The fourth-order valence-corrected chi connectivity index (χ4v) is 2.65. The third-order valence-electron chi connectivity index (χ3n) is 4.09. The monoisotopic (exact) mass is 335 g/mol. The number of amides is 2. The van der Waals surface area contributed by atoms with Crippen molar-refractivity contribution >= 4 is 6.03 Å². The summed E-state index contributed by atoms with van der Waals surface area (Å²) in [6.45, 7) is 1.84. The van der Waals surface area contributed by atoms with Crippen molar-refractivity contribution in [3.63, 3.8) is 0 Å². The van der Waals surface area contributed by atoms with Gasteiger partial charge in [0, 0.05) is 24.4 Å². The first kappa shape index (κ1) is 16.3. The summed E-state index contributed by atoms with van der Waals surface area (Å²) < 4.78 is 39.5. The number of carbonyl (C=O) groups excluding carboxylic acids is 1. The lowest BCUT2D eigenvalue weighted by molar-refractivity contribution is 0.237. The van der Waals surface area contributed by atoms with Crippen LogP contribution in [-0.4, -0.2) is 17.1 Å². The van der Waals surface area contributed by atoms with Gasteiger partial charge in [0.05, 0.1) is 6.04 Å². The lowest BCUT2D eigenvalue weighted by Gasteiger charge is -2.15. The summed E-state index contributed by atoms with van der Waals surface area (Å²) in [4.78, 5) is 15.9. The SMILES string of the molecule is C[C@@H](NC(=O)N[C@@H]1C[C@H]1c1cc(F)c(F)c(F)c1)c1ccncc1. The van der Waals surface area contributed by atoms with Crippen LogP contribution in [0.25, 0.3) is 0 Å². The molecule has 1 heterocycles. The lowest BCUT2D eigenvalue weighted by Crippen LogP contribution is -2.38. The summed E-state index contributed by atoms with van der Waals surface area (Å²) in [5.74, 6) is -4.12. The summed E-state index contributed by atoms with van der Waals surface area (Å²) in [5, 5.41) is 5.54. The highest BCUT2D eigenvalue weighted by molar-refractivity contribution is 5.75. The van der Waals surface area contributed by atoms with E-state index >= 15 is 0 Å². The topological polar surface area (TPSA) is 54.0 Å². The normalized spacial score (nSPS) is 20.3. The van der Waals surface area contributed by atoms with Crippen LogP contribution in [0.4, 0.5) is 18.0 Å². The Kier molecular flexibility index (Phi) is 4.42. The van der Waals surface area contributed by atoms with E-state index in [0.717, 1.165) is 17.7 Å². The molecule has 4 nitrogen and oxygen atoms in total. The van der Waals surface area contributed by atoms with Gasteiger partial charge >= 0.3 is 6.03 Å². The molecule has 2 N–H and O–H groups in total. The Labute approximate surface area is 137 Å². The average Bonchev–Trinajstić information content (AvgIpc) is 3.31. The van der Waals surface area contributed by atoms with Gasteiger partial charge in [-0.05, 0) is 48.7 Å². The van der Waals surface area contributed by atoms with Crippen LogP contribution in [0.5, 0.6) is 0 Å². The van der Waals surface area contributed by atoms with Crippen molar-refractivity contribution in [2.24, 2.45) is 0 Å². The Bertz CT molecular complexity index is 731. The largest absolute Gasteiger partial charge is 0.335 e. The van der Waals surface area contributed by atoms with Crippen molar-refractivity contribution in [1.29, 1.82) is 0 Å². The molecule has 0 bridgehead atoms. The van der Waals surface area contributed by atoms with Gasteiger partial charge in [0.25, 0.3) is 0 Å². The Hall–Kier alpha value is -2.57. The number of aromatic nitrogens is 1. The highest BCUT2D eigenvalue weighted by Crippen LogP contribution is 2.41. The maximum Gasteiger partial charge on any atom is 0.315 e. The number of carbonyl (C=O) groups is 1. The van der Waals surface area contributed by atoms with Crippen molar-refractivity contribution in [2.75, 3.05) is 0 Å². The molecule has 0 saturated heterocycles. The molecule has 3 rings (SSSR count). The fraction of sp³-hybridized carbons (Fsp3) is 0.294. The van der Waals surface area contributed by atoms with Gasteiger partial charge in [-0.3, -0.25) is 4.98 Å². The quantitative estimate of drug-likeness (QED) is 0.841. The minimum Gasteiger partial charge on any atom is -0.335 e. The van der Waals surface area contributed by atoms with E-state index in [1.54, 1.807) is 24.5 Å². The molecule has 0 radical (unpaired) electrons. The highest BCUT2D eigenvalue weighted by Gasteiger charge is 2.40. The second-order valence-corrected chi connectivity index (χ2v) is 5.87. The minimum atomic E-state index is -1.48. The molecule has 1 fully saturated rings. The number of hydrogen-bond acceptors (Lipinski definition) is 2. The van der Waals surface area contributed by atoms with Gasteiger partial charge in [0.15, 0.2) is 17.5 Å². The van der Waals surface area contributed by atoms with Crippen LogP contribution in [0.1, 0.15) is 36.4 Å². The number of nitrogens with one attached hydrogen (secondary N) is 2. The van der Waals surface area contributed by atoms with Crippen LogP contribution >= 0.6 is 0 Å². The van der Waals surface area contributed by atoms with Crippen molar-refractivity contribution in [3.8, 4) is 0 Å². The Morgan fingerprint density at radius 2 is 1.83 bits per heavy atom. The molecular formula is C17H16F3N3O. The maximum absolute atomic E-state index is 13.3. The van der Waals surface area contributed by atoms with Crippen LogP contribution in [0, 0.1) is 17.5 Å². The van der Waals surface area contributed by atoms with Crippen LogP contribution < -0.4 is 10.6 Å². The first-order chi connectivity index (χ1) is 11.5. The average molecular weight is 335 g/mol. The van der Waals surface area contributed by atoms with E-state index in [1.807, 2.05) is 6.92 Å². The molecule has 24 heavy (non-hydrogen) atoms. The number of hydrogen-bond donors (Lipinski definition) is 2. The second kappa shape index (κ2) is 6.51. The highest BCUT2D eigenvalue weighted by atomic mass is 19.2. The molecule has 7 heteroatoms. The number of rotatable bonds is 4. The van der Waals surface area contributed by atoms with Crippen molar-refractivity contribution < 1.29 is 18.0 Å². The molecule has 1 aliphatic rings. The number of pyridine rings is 1. The third-order valence-corrected chi connectivity index (χ3v) is 4.09. The smallest absolute Gasteiger partial charge is 0.315 e. The van der Waals surface area contributed by atoms with Gasteiger partial charge in [0.2, 0.25) is 0 Å². The van der Waals surface area contributed by atoms with E-state index in [4.69, 9.17) is 0 Å². The number of nitrogens with zero attached hydrogens (tertiary/aromatic N) is 1. The summed E-state index contributed by atoms with van der Waals surface area (Å²) in [6, 6.07) is 4.76. The molecule has 1 saturated carbocycles. The van der Waals surface area contributed by atoms with E-state index in [2.05, 4.69) is 15.6 Å². The van der Waals surface area contributed by atoms with E-state index in [-0.39, 0.29) is 24.0 Å². The van der Waals surface area contributed by atoms with E-state index in [9.17, 15) is 18.0 Å². The Morgan fingerprint density at radius 1 is 1.21 bits per heavy atom. The van der Waals surface area contributed by atoms with Crippen LogP contribution in [0.2, 0.25) is 0 Å². The van der Waals surface area contributed by atoms with Gasteiger partial charge in [-0.25, -0.2) is 18.0 Å². The Morgan fingerprint density at radius 3 is 2.46 bits per heavy atom. The standard InChI is InChI=1S/C17H16F3N3O/c1-9(10-2-4-21-5-3-10)22-17(24)23-15-8-12(15)11-6-13(18)16(20)14(19)7-11/h2-7,9,12,15H,8H2,1H3,(H2,22,23,24)/t9-,12+,15-/m1/s1. The molecule has 2 amide bonds. The molecule has 1 aromatic heterocycles. The zero-order valence-corrected chi connectivity index (χ0v) is 12.9. The van der Waals surface area contributed by atoms with Crippen molar-refractivity contribution in [2.45, 2.75) is 31.3 Å². The molecular weight excluding hydrogens is 319 g/mol. The van der Waals surface area contributed by atoms with E-state index in [0.29, 0.717) is 12.0 Å². The van der Waals surface area contributed by atoms with Gasteiger partial charge < -0.3 is 10.6 Å². The first-order valence-corrected chi connectivity index (χ1v) is 7.57. The van der Waals surface area contributed by atoms with E-state index in [1.165, 1.54) is 0 Å². The maximum atomic E-state index is 13.3. The molecule has 3 atom stereocenters. The van der Waals surface area contributed by atoms with E-state index < -0.39 is 17.5 Å². The fourth-order valence-electron chi connectivity index (χ4n) is 2.65. The summed E-state index contributed by atoms with van der Waals surface area (Å²) in [5.41, 5.74) is 1.26. The summed E-state index contributed by atoms with van der Waals surface area (Å²) >= 11 is 0. The minimum absolute atomic E-state index is 0.203. The third kappa shape index (κ3) is 3.50. The van der Waals surface area contributed by atoms with Crippen LogP contribution in [-0.2, 0) is 0 Å².